The van der Waals surface area contributed by atoms with Gasteiger partial charge in [-0.05, 0) is 37.1 Å². The Labute approximate surface area is 122 Å². The maximum absolute atomic E-state index is 12.4. The number of aromatic carboxylic acids is 1. The van der Waals surface area contributed by atoms with Crippen molar-refractivity contribution in [1.82, 2.24) is 4.98 Å². The number of anilines is 1. The molecule has 0 fully saturated rings. The fraction of sp³-hybridized carbons (Fsp3) is 0.143. The Morgan fingerprint density at radius 2 is 1.95 bits per heavy atom. The molecular weight excluding hydrogens is 292 g/mol. The van der Waals surface area contributed by atoms with Crippen molar-refractivity contribution in [3.05, 3.63) is 53.3 Å². The quantitative estimate of drug-likeness (QED) is 0.902. The van der Waals surface area contributed by atoms with Crippen molar-refractivity contribution >= 4 is 21.7 Å². The molecule has 0 unspecified atom stereocenters. The van der Waals surface area contributed by atoms with E-state index in [4.69, 9.17) is 5.11 Å². The molecule has 0 aliphatic heterocycles. The predicted molar refractivity (Wildman–Crippen MR) is 77.9 cm³/mol. The number of hydrogen-bond acceptors (Lipinski definition) is 4. The lowest BCUT2D eigenvalue weighted by atomic mass is 10.2. The van der Waals surface area contributed by atoms with E-state index in [0.29, 0.717) is 5.56 Å². The van der Waals surface area contributed by atoms with Crippen LogP contribution in [0.5, 0.6) is 0 Å². The molecule has 0 saturated heterocycles. The zero-order chi connectivity index (χ0) is 15.6. The van der Waals surface area contributed by atoms with E-state index >= 15 is 0 Å². The van der Waals surface area contributed by atoms with Gasteiger partial charge in [0.05, 0.1) is 22.3 Å². The van der Waals surface area contributed by atoms with E-state index in [1.54, 1.807) is 26.0 Å². The number of sulfonamides is 1. The fourth-order valence-electron chi connectivity index (χ4n) is 1.86. The van der Waals surface area contributed by atoms with Crippen LogP contribution >= 0.6 is 0 Å². The Hall–Kier alpha value is -2.41. The Kier molecular flexibility index (Phi) is 3.95. The summed E-state index contributed by atoms with van der Waals surface area (Å²) < 4.78 is 27.1. The molecule has 110 valence electrons. The van der Waals surface area contributed by atoms with Crippen molar-refractivity contribution < 1.29 is 18.3 Å². The summed E-state index contributed by atoms with van der Waals surface area (Å²) in [6.45, 7) is 3.46. The second-order valence-corrected chi connectivity index (χ2v) is 6.25. The molecule has 6 nitrogen and oxygen atoms in total. The largest absolute Gasteiger partial charge is 0.478 e. The van der Waals surface area contributed by atoms with E-state index in [1.165, 1.54) is 24.5 Å². The van der Waals surface area contributed by atoms with Gasteiger partial charge >= 0.3 is 5.97 Å². The third-order valence-electron chi connectivity index (χ3n) is 2.93. The van der Waals surface area contributed by atoms with Crippen molar-refractivity contribution in [3.8, 4) is 0 Å². The van der Waals surface area contributed by atoms with E-state index in [0.717, 1.165) is 5.56 Å². The number of carbonyl (C=O) groups is 1. The highest BCUT2D eigenvalue weighted by Crippen LogP contribution is 2.22. The molecule has 1 aromatic carbocycles. The summed E-state index contributed by atoms with van der Waals surface area (Å²) >= 11 is 0. The molecule has 0 aliphatic carbocycles. The smallest absolute Gasteiger partial charge is 0.337 e. The summed E-state index contributed by atoms with van der Waals surface area (Å²) in [5.74, 6) is -1.23. The lowest BCUT2D eigenvalue weighted by Crippen LogP contribution is -2.17. The predicted octanol–water partition coefficient (Wildman–Crippen LogP) is 2.20. The van der Waals surface area contributed by atoms with Crippen LogP contribution in [0.3, 0.4) is 0 Å². The van der Waals surface area contributed by atoms with Gasteiger partial charge in [-0.15, -0.1) is 0 Å². The Balaban J connectivity index is 2.48. The molecule has 1 heterocycles. The lowest BCUT2D eigenvalue weighted by Gasteiger charge is -2.12. The van der Waals surface area contributed by atoms with Crippen molar-refractivity contribution in [1.29, 1.82) is 0 Å². The molecule has 21 heavy (non-hydrogen) atoms. The van der Waals surface area contributed by atoms with E-state index in [9.17, 15) is 13.2 Å². The van der Waals surface area contributed by atoms with Crippen LogP contribution in [0, 0.1) is 13.8 Å². The molecule has 0 bridgehead atoms. The molecule has 2 rings (SSSR count). The molecule has 1 aromatic heterocycles. The summed E-state index contributed by atoms with van der Waals surface area (Å²) in [6.07, 6.45) is 2.46. The van der Waals surface area contributed by atoms with Gasteiger partial charge in [-0.25, -0.2) is 13.2 Å². The van der Waals surface area contributed by atoms with Gasteiger partial charge in [-0.2, -0.15) is 0 Å². The lowest BCUT2D eigenvalue weighted by molar-refractivity contribution is 0.0698. The van der Waals surface area contributed by atoms with Crippen LogP contribution in [0.25, 0.3) is 0 Å². The highest BCUT2D eigenvalue weighted by atomic mass is 32.2. The summed E-state index contributed by atoms with van der Waals surface area (Å²) in [5, 5.41) is 9.07. The molecule has 0 spiro atoms. The SMILES string of the molecule is Cc1ccc(C)c(S(=O)(=O)Nc2cnccc2C(=O)O)c1. The fourth-order valence-corrected chi connectivity index (χ4v) is 3.25. The van der Waals surface area contributed by atoms with Crippen molar-refractivity contribution in [2.45, 2.75) is 18.7 Å². The first-order chi connectivity index (χ1) is 9.81. The average molecular weight is 306 g/mol. The van der Waals surface area contributed by atoms with Gasteiger partial charge in [0.15, 0.2) is 0 Å². The van der Waals surface area contributed by atoms with Crippen LogP contribution in [0.15, 0.2) is 41.6 Å². The molecule has 2 N–H and O–H groups in total. The number of rotatable bonds is 4. The van der Waals surface area contributed by atoms with E-state index < -0.39 is 16.0 Å². The Bertz CT molecular complexity index is 800. The highest BCUT2D eigenvalue weighted by molar-refractivity contribution is 7.92. The van der Waals surface area contributed by atoms with Crippen LogP contribution in [0.1, 0.15) is 21.5 Å². The first-order valence-corrected chi connectivity index (χ1v) is 7.57. The average Bonchev–Trinajstić information content (AvgIpc) is 2.41. The number of pyridine rings is 1. The summed E-state index contributed by atoms with van der Waals surface area (Å²) in [5.41, 5.74) is 1.16. The van der Waals surface area contributed by atoms with Gasteiger partial charge < -0.3 is 5.11 Å². The number of nitrogens with zero attached hydrogens (tertiary/aromatic N) is 1. The zero-order valence-corrected chi connectivity index (χ0v) is 12.3. The topological polar surface area (TPSA) is 96.4 Å². The molecule has 0 aliphatic rings. The second kappa shape index (κ2) is 5.53. The number of benzene rings is 1. The van der Waals surface area contributed by atoms with Crippen LogP contribution in [-0.4, -0.2) is 24.5 Å². The number of aryl methyl sites for hydroxylation is 2. The molecule has 7 heteroatoms. The minimum Gasteiger partial charge on any atom is -0.478 e. The van der Waals surface area contributed by atoms with E-state index in [2.05, 4.69) is 9.71 Å². The Morgan fingerprint density at radius 3 is 2.62 bits per heavy atom. The van der Waals surface area contributed by atoms with Gasteiger partial charge in [0, 0.05) is 6.20 Å². The third-order valence-corrected chi connectivity index (χ3v) is 4.44. The van der Waals surface area contributed by atoms with Crippen molar-refractivity contribution in [2.24, 2.45) is 0 Å². The molecule has 0 radical (unpaired) electrons. The first-order valence-electron chi connectivity index (χ1n) is 6.08. The summed E-state index contributed by atoms with van der Waals surface area (Å²) in [7, 11) is -3.88. The first kappa shape index (κ1) is 15.0. The van der Waals surface area contributed by atoms with Crippen LogP contribution in [-0.2, 0) is 10.0 Å². The number of hydrogen-bond donors (Lipinski definition) is 2. The normalized spacial score (nSPS) is 11.1. The standard InChI is InChI=1S/C14H14N2O4S/c1-9-3-4-10(2)13(7-9)21(19,20)16-12-8-15-6-5-11(12)14(17)18/h3-8,16H,1-2H3,(H,17,18). The van der Waals surface area contributed by atoms with Gasteiger partial charge in [0.2, 0.25) is 0 Å². The molecule has 0 atom stereocenters. The minimum atomic E-state index is -3.88. The maximum Gasteiger partial charge on any atom is 0.337 e. The van der Waals surface area contributed by atoms with Crippen LogP contribution < -0.4 is 4.72 Å². The van der Waals surface area contributed by atoms with Gasteiger partial charge in [0.1, 0.15) is 0 Å². The minimum absolute atomic E-state index is 0.0640. The van der Waals surface area contributed by atoms with Gasteiger partial charge in [-0.3, -0.25) is 9.71 Å². The summed E-state index contributed by atoms with van der Waals surface area (Å²) in [6, 6.07) is 6.28. The molecule has 0 amide bonds. The van der Waals surface area contributed by atoms with Crippen molar-refractivity contribution in [2.75, 3.05) is 4.72 Å². The van der Waals surface area contributed by atoms with E-state index in [-0.39, 0.29) is 16.1 Å². The van der Waals surface area contributed by atoms with Gasteiger partial charge in [-0.1, -0.05) is 12.1 Å². The Morgan fingerprint density at radius 1 is 1.24 bits per heavy atom. The maximum atomic E-state index is 12.4. The summed E-state index contributed by atoms with van der Waals surface area (Å²) in [4.78, 5) is 15.0. The number of nitrogens with one attached hydrogen (secondary N) is 1. The molecular formula is C14H14N2O4S. The molecule has 2 aromatic rings. The van der Waals surface area contributed by atoms with E-state index in [1.807, 2.05) is 0 Å². The van der Waals surface area contributed by atoms with Crippen LogP contribution in [0.4, 0.5) is 5.69 Å². The highest BCUT2D eigenvalue weighted by Gasteiger charge is 2.20. The molecule has 0 saturated carbocycles. The van der Waals surface area contributed by atoms with Crippen molar-refractivity contribution in [3.63, 3.8) is 0 Å². The number of carboxylic acid groups (broad SMARTS) is 1. The van der Waals surface area contributed by atoms with Crippen LogP contribution in [0.2, 0.25) is 0 Å². The number of aromatic nitrogens is 1. The number of carboxylic acids is 1. The monoisotopic (exact) mass is 306 g/mol. The van der Waals surface area contributed by atoms with Gasteiger partial charge in [0.25, 0.3) is 10.0 Å². The second-order valence-electron chi connectivity index (χ2n) is 4.60. The zero-order valence-electron chi connectivity index (χ0n) is 11.5. The third kappa shape index (κ3) is 3.19.